The first kappa shape index (κ1) is 21.2. The number of rotatable bonds is 1. The van der Waals surface area contributed by atoms with E-state index >= 15 is 0 Å². The van der Waals surface area contributed by atoms with Crippen LogP contribution in [-0.2, 0) is 6.42 Å². The number of nitrogens with zero attached hydrogens (tertiary/aromatic N) is 5. The van der Waals surface area contributed by atoms with Gasteiger partial charge in [0, 0.05) is 23.2 Å². The van der Waals surface area contributed by atoms with E-state index in [9.17, 15) is 17.6 Å². The zero-order valence-electron chi connectivity index (χ0n) is 17.6. The number of benzene rings is 2. The van der Waals surface area contributed by atoms with Crippen LogP contribution in [-0.4, -0.2) is 32.3 Å². The molecule has 0 unspecified atom stereocenters. The Balaban J connectivity index is 1.52. The SMILES string of the molecule is Fc1cc(Cl)c2c(c1)c(N1CCCc3c(C#CC4(C(F)(F)F)CC4)cccc31)nc1nncn12. The average molecular weight is 486 g/mol. The predicted octanol–water partition coefficient (Wildman–Crippen LogP) is 5.85. The summed E-state index contributed by atoms with van der Waals surface area (Å²) in [5, 5.41) is 8.62. The van der Waals surface area contributed by atoms with Crippen LogP contribution in [0.5, 0.6) is 0 Å². The molecule has 1 fully saturated rings. The zero-order chi connectivity index (χ0) is 23.7. The Kier molecular flexibility index (Phi) is 4.55. The fourth-order valence-corrected chi connectivity index (χ4v) is 4.86. The van der Waals surface area contributed by atoms with Crippen LogP contribution < -0.4 is 4.90 Å². The van der Waals surface area contributed by atoms with Crippen LogP contribution in [0.15, 0.2) is 36.7 Å². The Labute approximate surface area is 196 Å². The normalized spacial score (nSPS) is 16.9. The van der Waals surface area contributed by atoms with E-state index in [0.717, 1.165) is 17.7 Å². The van der Waals surface area contributed by atoms with Crippen molar-refractivity contribution >= 4 is 39.8 Å². The summed E-state index contributed by atoms with van der Waals surface area (Å²) in [5.41, 5.74) is 0.812. The van der Waals surface area contributed by atoms with E-state index in [4.69, 9.17) is 11.6 Å². The number of aromatic nitrogens is 4. The molecule has 4 aromatic rings. The van der Waals surface area contributed by atoms with Gasteiger partial charge < -0.3 is 4.90 Å². The van der Waals surface area contributed by atoms with E-state index in [2.05, 4.69) is 27.0 Å². The van der Waals surface area contributed by atoms with Crippen LogP contribution in [0.3, 0.4) is 0 Å². The lowest BCUT2D eigenvalue weighted by Crippen LogP contribution is -2.26. The quantitative estimate of drug-likeness (QED) is 0.251. The third-order valence-electron chi connectivity index (χ3n) is 6.48. The van der Waals surface area contributed by atoms with E-state index in [1.807, 2.05) is 11.0 Å². The van der Waals surface area contributed by atoms with Gasteiger partial charge >= 0.3 is 6.18 Å². The van der Waals surface area contributed by atoms with Crippen LogP contribution in [0.25, 0.3) is 16.7 Å². The number of hydrogen-bond acceptors (Lipinski definition) is 4. The minimum Gasteiger partial charge on any atom is -0.325 e. The van der Waals surface area contributed by atoms with Crippen molar-refractivity contribution in [3.05, 3.63) is 58.6 Å². The average Bonchev–Trinajstić information content (AvgIpc) is 3.46. The molecule has 5 nitrogen and oxygen atoms in total. The van der Waals surface area contributed by atoms with Crippen LogP contribution in [0.1, 0.15) is 30.4 Å². The van der Waals surface area contributed by atoms with Crippen molar-refractivity contribution in [3.63, 3.8) is 0 Å². The molecule has 10 heteroatoms. The van der Waals surface area contributed by atoms with Crippen LogP contribution in [0, 0.1) is 23.1 Å². The third kappa shape index (κ3) is 3.20. The molecule has 0 atom stereocenters. The van der Waals surface area contributed by atoms with Gasteiger partial charge in [-0.25, -0.2) is 4.39 Å². The molecule has 172 valence electrons. The second-order valence-electron chi connectivity index (χ2n) is 8.61. The lowest BCUT2D eigenvalue weighted by atomic mass is 9.95. The Bertz CT molecular complexity index is 1530. The number of alkyl halides is 3. The molecular formula is C24H16ClF4N5. The molecule has 34 heavy (non-hydrogen) atoms. The summed E-state index contributed by atoms with van der Waals surface area (Å²) in [6.07, 6.45) is -1.42. The van der Waals surface area contributed by atoms with Crippen molar-refractivity contribution in [2.75, 3.05) is 11.4 Å². The van der Waals surface area contributed by atoms with Gasteiger partial charge in [-0.15, -0.1) is 10.2 Å². The Morgan fingerprint density at radius 3 is 2.74 bits per heavy atom. The maximum atomic E-state index is 14.4. The molecule has 1 aliphatic heterocycles. The van der Waals surface area contributed by atoms with Gasteiger partial charge in [0.1, 0.15) is 23.4 Å². The van der Waals surface area contributed by atoms with Crippen molar-refractivity contribution in [2.24, 2.45) is 5.41 Å². The van der Waals surface area contributed by atoms with Crippen LogP contribution in [0.2, 0.25) is 5.02 Å². The lowest BCUT2D eigenvalue weighted by molar-refractivity contribution is -0.168. The molecular weight excluding hydrogens is 470 g/mol. The van der Waals surface area contributed by atoms with Gasteiger partial charge in [0.05, 0.1) is 10.5 Å². The molecule has 0 N–H and O–H groups in total. The fraction of sp³-hybridized carbons (Fsp3) is 0.292. The third-order valence-corrected chi connectivity index (χ3v) is 6.77. The monoisotopic (exact) mass is 485 g/mol. The topological polar surface area (TPSA) is 46.3 Å². The van der Waals surface area contributed by atoms with E-state index in [-0.39, 0.29) is 17.9 Å². The Hall–Kier alpha value is -3.38. The summed E-state index contributed by atoms with van der Waals surface area (Å²) >= 11 is 6.39. The highest BCUT2D eigenvalue weighted by atomic mass is 35.5. The molecule has 0 spiro atoms. The summed E-state index contributed by atoms with van der Waals surface area (Å²) in [5.74, 6) is 5.56. The Morgan fingerprint density at radius 1 is 1.15 bits per heavy atom. The second kappa shape index (κ2) is 7.31. The molecule has 1 saturated carbocycles. The van der Waals surface area contributed by atoms with E-state index < -0.39 is 17.4 Å². The molecule has 1 aliphatic carbocycles. The molecule has 2 aromatic heterocycles. The standard InChI is InChI=1S/C24H16ClF4N5/c25-18-12-15(26)11-17-20(18)34-13-30-32-22(34)31-21(17)33-10-2-4-16-14(3-1-5-19(16)33)6-7-23(8-9-23)24(27,28)29/h1,3,5,11-13H,2,4,8-10H2. The number of hydrogen-bond donors (Lipinski definition) is 0. The van der Waals surface area contributed by atoms with Gasteiger partial charge in [0.25, 0.3) is 5.78 Å². The summed E-state index contributed by atoms with van der Waals surface area (Å²) in [6.45, 7) is 0.580. The first-order valence-electron chi connectivity index (χ1n) is 10.8. The molecule has 0 saturated heterocycles. The molecule has 2 aliphatic rings. The van der Waals surface area contributed by atoms with E-state index in [1.54, 1.807) is 16.5 Å². The minimum absolute atomic E-state index is 0.0330. The van der Waals surface area contributed by atoms with Crippen molar-refractivity contribution in [3.8, 4) is 11.8 Å². The lowest BCUT2D eigenvalue weighted by Gasteiger charge is -2.32. The summed E-state index contributed by atoms with van der Waals surface area (Å²) in [6, 6.07) is 7.96. The molecule has 0 amide bonds. The molecule has 0 bridgehead atoms. The van der Waals surface area contributed by atoms with Gasteiger partial charge in [0.15, 0.2) is 0 Å². The Morgan fingerprint density at radius 2 is 1.97 bits per heavy atom. The smallest absolute Gasteiger partial charge is 0.325 e. The minimum atomic E-state index is -4.33. The molecule has 6 rings (SSSR count). The molecule has 0 radical (unpaired) electrons. The second-order valence-corrected chi connectivity index (χ2v) is 9.02. The maximum Gasteiger partial charge on any atom is 0.405 e. The summed E-state index contributed by atoms with van der Waals surface area (Å²) < 4.78 is 56.0. The van der Waals surface area contributed by atoms with Gasteiger partial charge in [-0.1, -0.05) is 29.5 Å². The fourth-order valence-electron chi connectivity index (χ4n) is 4.56. The van der Waals surface area contributed by atoms with Crippen molar-refractivity contribution < 1.29 is 17.6 Å². The first-order valence-corrected chi connectivity index (χ1v) is 11.1. The highest BCUT2D eigenvalue weighted by Crippen LogP contribution is 2.57. The molecule has 2 aromatic carbocycles. The van der Waals surface area contributed by atoms with Crippen molar-refractivity contribution in [2.45, 2.75) is 31.9 Å². The van der Waals surface area contributed by atoms with E-state index in [1.165, 1.54) is 18.5 Å². The van der Waals surface area contributed by atoms with Crippen molar-refractivity contribution in [1.82, 2.24) is 19.6 Å². The van der Waals surface area contributed by atoms with Gasteiger partial charge in [-0.3, -0.25) is 4.40 Å². The highest BCUT2D eigenvalue weighted by molar-refractivity contribution is 6.35. The van der Waals surface area contributed by atoms with Gasteiger partial charge in [-0.2, -0.15) is 18.2 Å². The predicted molar refractivity (Wildman–Crippen MR) is 120 cm³/mol. The summed E-state index contributed by atoms with van der Waals surface area (Å²) in [4.78, 5) is 6.55. The zero-order valence-corrected chi connectivity index (χ0v) is 18.4. The van der Waals surface area contributed by atoms with E-state index in [0.29, 0.717) is 41.0 Å². The van der Waals surface area contributed by atoms with Gasteiger partial charge in [-0.05, 0) is 55.5 Å². The highest BCUT2D eigenvalue weighted by Gasteiger charge is 2.62. The number of fused-ring (bicyclic) bond motifs is 4. The number of halogens is 5. The molecule has 3 heterocycles. The van der Waals surface area contributed by atoms with Gasteiger partial charge in [0.2, 0.25) is 0 Å². The number of anilines is 2. The largest absolute Gasteiger partial charge is 0.405 e. The maximum absolute atomic E-state index is 14.4. The first-order chi connectivity index (χ1) is 16.3. The van der Waals surface area contributed by atoms with Crippen LogP contribution in [0.4, 0.5) is 29.1 Å². The van der Waals surface area contributed by atoms with Crippen molar-refractivity contribution in [1.29, 1.82) is 0 Å². The van der Waals surface area contributed by atoms with Crippen LogP contribution >= 0.6 is 11.6 Å². The summed E-state index contributed by atoms with van der Waals surface area (Å²) in [7, 11) is 0.